The molecule has 0 heterocycles. The quantitative estimate of drug-likeness (QED) is 0.581. The van der Waals surface area contributed by atoms with Crippen molar-refractivity contribution in [3.05, 3.63) is 53.6 Å². The predicted octanol–water partition coefficient (Wildman–Crippen LogP) is 3.52. The number of aromatic hydroxyl groups is 2. The molecule has 4 heteroatoms. The molecule has 0 spiro atoms. The number of Topliss-reactive ketones (excluding diaryl/α,β-unsaturated/α-hetero) is 1. The van der Waals surface area contributed by atoms with Crippen LogP contribution in [0, 0.1) is 0 Å². The molecule has 0 aliphatic heterocycles. The van der Waals surface area contributed by atoms with Crippen LogP contribution < -0.4 is 5.32 Å². The average molecular weight is 285 g/mol. The molecule has 1 unspecified atom stereocenters. The lowest BCUT2D eigenvalue weighted by Gasteiger charge is -2.15. The highest BCUT2D eigenvalue weighted by molar-refractivity contribution is 5.94. The minimum atomic E-state index is -0.118. The highest BCUT2D eigenvalue weighted by Gasteiger charge is 2.09. The summed E-state index contributed by atoms with van der Waals surface area (Å²) in [7, 11) is 0. The molecule has 2 rings (SSSR count). The van der Waals surface area contributed by atoms with Gasteiger partial charge in [-0.05, 0) is 42.7 Å². The fourth-order valence-electron chi connectivity index (χ4n) is 2.08. The number of phenolic OH excluding ortho intramolecular Hbond substituents is 2. The number of hydrogen-bond acceptors (Lipinski definition) is 4. The molecule has 0 aromatic heterocycles. The summed E-state index contributed by atoms with van der Waals surface area (Å²) in [5.74, 6) is -0.0429. The lowest BCUT2D eigenvalue weighted by Crippen LogP contribution is -2.10. The van der Waals surface area contributed by atoms with Crippen molar-refractivity contribution in [3.8, 4) is 11.5 Å². The lowest BCUT2D eigenvalue weighted by molar-refractivity contribution is 0.101. The van der Waals surface area contributed by atoms with Gasteiger partial charge in [-0.2, -0.15) is 0 Å². The van der Waals surface area contributed by atoms with Gasteiger partial charge in [0.2, 0.25) is 0 Å². The standard InChI is InChI=1S/C17H19NO3/c1-11(13-6-7-16(20)17(21)9-13)10-18-15-5-3-4-14(8-15)12(2)19/h3-9,11,18,20-21H,10H2,1-2H3. The maximum atomic E-state index is 11.3. The molecule has 0 aliphatic rings. The summed E-state index contributed by atoms with van der Waals surface area (Å²) >= 11 is 0. The van der Waals surface area contributed by atoms with Crippen LogP contribution in [0.5, 0.6) is 11.5 Å². The number of nitrogens with one attached hydrogen (secondary N) is 1. The van der Waals surface area contributed by atoms with Gasteiger partial charge in [-0.15, -0.1) is 0 Å². The maximum absolute atomic E-state index is 11.3. The molecule has 0 radical (unpaired) electrons. The molecule has 3 N–H and O–H groups in total. The predicted molar refractivity (Wildman–Crippen MR) is 83.1 cm³/mol. The molecule has 0 amide bonds. The normalized spacial score (nSPS) is 11.9. The average Bonchev–Trinajstić information content (AvgIpc) is 2.48. The van der Waals surface area contributed by atoms with E-state index in [2.05, 4.69) is 5.32 Å². The van der Waals surface area contributed by atoms with Crippen molar-refractivity contribution in [1.82, 2.24) is 0 Å². The monoisotopic (exact) mass is 285 g/mol. The first-order valence-corrected chi connectivity index (χ1v) is 6.84. The number of anilines is 1. The zero-order valence-electron chi connectivity index (χ0n) is 12.1. The third-order valence-corrected chi connectivity index (χ3v) is 3.45. The van der Waals surface area contributed by atoms with Crippen molar-refractivity contribution in [2.24, 2.45) is 0 Å². The molecule has 2 aromatic carbocycles. The van der Waals surface area contributed by atoms with Gasteiger partial charge >= 0.3 is 0 Å². The second-order valence-electron chi connectivity index (χ2n) is 5.17. The topological polar surface area (TPSA) is 69.6 Å². The van der Waals surface area contributed by atoms with E-state index >= 15 is 0 Å². The molecule has 0 bridgehead atoms. The molecular weight excluding hydrogens is 266 g/mol. The molecule has 2 aromatic rings. The van der Waals surface area contributed by atoms with E-state index in [-0.39, 0.29) is 23.2 Å². The van der Waals surface area contributed by atoms with Crippen molar-refractivity contribution in [2.45, 2.75) is 19.8 Å². The minimum absolute atomic E-state index is 0.0372. The fraction of sp³-hybridized carbons (Fsp3) is 0.235. The van der Waals surface area contributed by atoms with Crippen LogP contribution in [0.25, 0.3) is 0 Å². The van der Waals surface area contributed by atoms with E-state index in [0.29, 0.717) is 12.1 Å². The number of benzene rings is 2. The van der Waals surface area contributed by atoms with Gasteiger partial charge in [0.15, 0.2) is 17.3 Å². The number of carbonyl (C=O) groups is 1. The first kappa shape index (κ1) is 14.9. The van der Waals surface area contributed by atoms with E-state index < -0.39 is 0 Å². The summed E-state index contributed by atoms with van der Waals surface area (Å²) < 4.78 is 0. The van der Waals surface area contributed by atoms with Crippen molar-refractivity contribution < 1.29 is 15.0 Å². The van der Waals surface area contributed by atoms with Crippen LogP contribution in [0.15, 0.2) is 42.5 Å². The lowest BCUT2D eigenvalue weighted by atomic mass is 10.0. The Hall–Kier alpha value is -2.49. The highest BCUT2D eigenvalue weighted by Crippen LogP contribution is 2.28. The Kier molecular flexibility index (Phi) is 4.48. The van der Waals surface area contributed by atoms with Crippen LogP contribution in [0.4, 0.5) is 5.69 Å². The Balaban J connectivity index is 2.03. The summed E-state index contributed by atoms with van der Waals surface area (Å²) in [6.45, 7) is 4.22. The third-order valence-electron chi connectivity index (χ3n) is 3.45. The van der Waals surface area contributed by atoms with E-state index in [1.807, 2.05) is 25.1 Å². The minimum Gasteiger partial charge on any atom is -0.504 e. The molecule has 4 nitrogen and oxygen atoms in total. The molecule has 110 valence electrons. The summed E-state index contributed by atoms with van der Waals surface area (Å²) in [5.41, 5.74) is 2.49. The van der Waals surface area contributed by atoms with Gasteiger partial charge in [0, 0.05) is 17.8 Å². The van der Waals surface area contributed by atoms with Gasteiger partial charge in [-0.25, -0.2) is 0 Å². The van der Waals surface area contributed by atoms with Gasteiger partial charge in [-0.3, -0.25) is 4.79 Å². The maximum Gasteiger partial charge on any atom is 0.159 e. The molecule has 0 saturated heterocycles. The number of carbonyl (C=O) groups excluding carboxylic acids is 1. The molecule has 0 fully saturated rings. The van der Waals surface area contributed by atoms with Crippen LogP contribution in [-0.2, 0) is 0 Å². The molecular formula is C17H19NO3. The van der Waals surface area contributed by atoms with E-state index in [9.17, 15) is 15.0 Å². The largest absolute Gasteiger partial charge is 0.504 e. The Morgan fingerprint density at radius 3 is 2.57 bits per heavy atom. The Labute approximate surface area is 124 Å². The van der Waals surface area contributed by atoms with Crippen molar-refractivity contribution in [1.29, 1.82) is 0 Å². The zero-order chi connectivity index (χ0) is 15.4. The zero-order valence-corrected chi connectivity index (χ0v) is 12.1. The highest BCUT2D eigenvalue weighted by atomic mass is 16.3. The van der Waals surface area contributed by atoms with E-state index in [4.69, 9.17) is 0 Å². The smallest absolute Gasteiger partial charge is 0.159 e. The fourth-order valence-corrected chi connectivity index (χ4v) is 2.08. The molecule has 1 atom stereocenters. The van der Waals surface area contributed by atoms with Crippen molar-refractivity contribution in [2.75, 3.05) is 11.9 Å². The Bertz CT molecular complexity index is 652. The van der Waals surface area contributed by atoms with Crippen LogP contribution in [0.1, 0.15) is 35.7 Å². The molecule has 21 heavy (non-hydrogen) atoms. The SMILES string of the molecule is CC(=O)c1cccc(NCC(C)c2ccc(O)c(O)c2)c1. The second kappa shape index (κ2) is 6.31. The van der Waals surface area contributed by atoms with Crippen LogP contribution in [-0.4, -0.2) is 22.5 Å². The summed E-state index contributed by atoms with van der Waals surface area (Å²) in [5, 5.41) is 22.1. The number of rotatable bonds is 5. The van der Waals surface area contributed by atoms with Gasteiger partial charge in [0.05, 0.1) is 0 Å². The van der Waals surface area contributed by atoms with Crippen molar-refractivity contribution in [3.63, 3.8) is 0 Å². The van der Waals surface area contributed by atoms with E-state index in [1.165, 1.54) is 6.07 Å². The Morgan fingerprint density at radius 1 is 1.14 bits per heavy atom. The van der Waals surface area contributed by atoms with Crippen molar-refractivity contribution >= 4 is 11.5 Å². The van der Waals surface area contributed by atoms with Gasteiger partial charge in [-0.1, -0.05) is 25.1 Å². The molecule has 0 saturated carbocycles. The van der Waals surface area contributed by atoms with E-state index in [1.54, 1.807) is 25.1 Å². The first-order chi connectivity index (χ1) is 9.97. The number of phenols is 2. The van der Waals surface area contributed by atoms with E-state index in [0.717, 1.165) is 11.3 Å². The Morgan fingerprint density at radius 2 is 1.90 bits per heavy atom. The second-order valence-corrected chi connectivity index (χ2v) is 5.17. The summed E-state index contributed by atoms with van der Waals surface area (Å²) in [6.07, 6.45) is 0. The molecule has 0 aliphatic carbocycles. The number of hydrogen-bond donors (Lipinski definition) is 3. The van der Waals surface area contributed by atoms with Gasteiger partial charge in [0.25, 0.3) is 0 Å². The van der Waals surface area contributed by atoms with Gasteiger partial charge < -0.3 is 15.5 Å². The first-order valence-electron chi connectivity index (χ1n) is 6.84. The van der Waals surface area contributed by atoms with Crippen LogP contribution in [0.3, 0.4) is 0 Å². The van der Waals surface area contributed by atoms with Crippen LogP contribution >= 0.6 is 0 Å². The summed E-state index contributed by atoms with van der Waals surface area (Å²) in [6, 6.07) is 12.2. The van der Waals surface area contributed by atoms with Crippen LogP contribution in [0.2, 0.25) is 0 Å². The number of ketones is 1. The summed E-state index contributed by atoms with van der Waals surface area (Å²) in [4.78, 5) is 11.3. The third kappa shape index (κ3) is 3.75. The van der Waals surface area contributed by atoms with Gasteiger partial charge in [0.1, 0.15) is 0 Å².